The Labute approximate surface area is 178 Å². The monoisotopic (exact) mass is 397 g/mol. The lowest BCUT2D eigenvalue weighted by atomic mass is 10.1. The lowest BCUT2D eigenvalue weighted by molar-refractivity contribution is 0.949. The van der Waals surface area contributed by atoms with E-state index in [0.29, 0.717) is 0 Å². The Morgan fingerprint density at radius 3 is 1.70 bits per heavy atom. The summed E-state index contributed by atoms with van der Waals surface area (Å²) in [6, 6.07) is 20.3. The Kier molecular flexibility index (Phi) is 5.98. The van der Waals surface area contributed by atoms with Gasteiger partial charge in [-0.2, -0.15) is 20.5 Å². The highest BCUT2D eigenvalue weighted by Crippen LogP contribution is 2.32. The minimum Gasteiger partial charge on any atom is -0.372 e. The van der Waals surface area contributed by atoms with Crippen molar-refractivity contribution in [1.82, 2.24) is 0 Å². The third-order valence-corrected chi connectivity index (χ3v) is 5.38. The summed E-state index contributed by atoms with van der Waals surface area (Å²) in [7, 11) is 0. The van der Waals surface area contributed by atoms with Crippen LogP contribution in [0.4, 0.5) is 28.4 Å². The summed E-state index contributed by atoms with van der Waals surface area (Å²) in [6.45, 7) is 8.41. The summed E-state index contributed by atoms with van der Waals surface area (Å²) < 4.78 is 0. The first kappa shape index (κ1) is 20.0. The minimum absolute atomic E-state index is 0.819. The third-order valence-electron chi connectivity index (χ3n) is 5.38. The standard InChI is InChI=1S/C25H27N5/c1-18-6-8-21(9-7-18)26-28-23-16-19(2)25(20(3)17-23)29-27-22-10-12-24(13-11-22)30-14-4-5-15-30/h6-13,16-17H,4-5,14-15H2,1-3H3/b28-26+,29-27+. The second-order valence-corrected chi connectivity index (χ2v) is 7.87. The summed E-state index contributed by atoms with van der Waals surface area (Å²) in [5.41, 5.74) is 7.95. The van der Waals surface area contributed by atoms with Gasteiger partial charge in [-0.05, 0) is 93.3 Å². The Hall–Kier alpha value is -3.34. The summed E-state index contributed by atoms with van der Waals surface area (Å²) >= 11 is 0. The highest BCUT2D eigenvalue weighted by atomic mass is 15.1. The first-order valence-electron chi connectivity index (χ1n) is 10.4. The van der Waals surface area contributed by atoms with E-state index in [9.17, 15) is 0 Å². The van der Waals surface area contributed by atoms with Crippen molar-refractivity contribution in [2.24, 2.45) is 20.5 Å². The normalized spacial score (nSPS) is 14.3. The van der Waals surface area contributed by atoms with Crippen LogP contribution in [-0.2, 0) is 0 Å². The van der Waals surface area contributed by atoms with E-state index in [1.165, 1.54) is 24.1 Å². The summed E-state index contributed by atoms with van der Waals surface area (Å²) in [5, 5.41) is 17.7. The topological polar surface area (TPSA) is 52.7 Å². The van der Waals surface area contributed by atoms with Gasteiger partial charge in [-0.25, -0.2) is 0 Å². The molecule has 4 rings (SSSR count). The van der Waals surface area contributed by atoms with Crippen LogP contribution in [0, 0.1) is 20.8 Å². The van der Waals surface area contributed by atoms with E-state index in [4.69, 9.17) is 0 Å². The molecule has 1 aliphatic heterocycles. The number of aryl methyl sites for hydroxylation is 3. The van der Waals surface area contributed by atoms with Crippen molar-refractivity contribution in [3.63, 3.8) is 0 Å². The van der Waals surface area contributed by atoms with Gasteiger partial charge in [-0.1, -0.05) is 17.7 Å². The van der Waals surface area contributed by atoms with Gasteiger partial charge in [0.2, 0.25) is 0 Å². The molecule has 0 radical (unpaired) electrons. The van der Waals surface area contributed by atoms with E-state index in [0.717, 1.165) is 47.0 Å². The highest BCUT2D eigenvalue weighted by molar-refractivity contribution is 5.60. The Morgan fingerprint density at radius 2 is 1.10 bits per heavy atom. The molecule has 30 heavy (non-hydrogen) atoms. The van der Waals surface area contributed by atoms with Gasteiger partial charge in [0.15, 0.2) is 0 Å². The molecule has 0 saturated carbocycles. The molecule has 0 atom stereocenters. The fourth-order valence-corrected chi connectivity index (χ4v) is 3.69. The van der Waals surface area contributed by atoms with Crippen LogP contribution in [0.15, 0.2) is 81.1 Å². The van der Waals surface area contributed by atoms with Crippen molar-refractivity contribution in [3.8, 4) is 0 Å². The fraction of sp³-hybridized carbons (Fsp3) is 0.280. The molecular weight excluding hydrogens is 370 g/mol. The zero-order valence-corrected chi connectivity index (χ0v) is 17.8. The van der Waals surface area contributed by atoms with Gasteiger partial charge in [0.05, 0.1) is 22.7 Å². The molecule has 0 aliphatic carbocycles. The van der Waals surface area contributed by atoms with Gasteiger partial charge in [0.1, 0.15) is 0 Å². The van der Waals surface area contributed by atoms with Crippen LogP contribution in [0.2, 0.25) is 0 Å². The average Bonchev–Trinajstić information content (AvgIpc) is 3.28. The molecule has 152 valence electrons. The van der Waals surface area contributed by atoms with Gasteiger partial charge in [-0.3, -0.25) is 0 Å². The summed E-state index contributed by atoms with van der Waals surface area (Å²) in [6.07, 6.45) is 2.56. The molecule has 1 heterocycles. The maximum Gasteiger partial charge on any atom is 0.0916 e. The van der Waals surface area contributed by atoms with Gasteiger partial charge >= 0.3 is 0 Å². The predicted octanol–water partition coefficient (Wildman–Crippen LogP) is 8.04. The number of hydrogen-bond acceptors (Lipinski definition) is 5. The van der Waals surface area contributed by atoms with E-state index in [1.807, 2.05) is 62.4 Å². The molecule has 1 fully saturated rings. The maximum absolute atomic E-state index is 4.51. The fourth-order valence-electron chi connectivity index (χ4n) is 3.69. The van der Waals surface area contributed by atoms with Crippen molar-refractivity contribution >= 4 is 28.4 Å². The molecule has 1 saturated heterocycles. The second-order valence-electron chi connectivity index (χ2n) is 7.87. The Bertz CT molecular complexity index is 1040. The largest absolute Gasteiger partial charge is 0.372 e. The third kappa shape index (κ3) is 4.79. The van der Waals surface area contributed by atoms with Crippen LogP contribution >= 0.6 is 0 Å². The molecular formula is C25H27N5. The smallest absolute Gasteiger partial charge is 0.0916 e. The van der Waals surface area contributed by atoms with Gasteiger partial charge in [0, 0.05) is 18.8 Å². The zero-order valence-electron chi connectivity index (χ0n) is 17.8. The van der Waals surface area contributed by atoms with Crippen molar-refractivity contribution in [3.05, 3.63) is 77.4 Å². The molecule has 3 aromatic carbocycles. The van der Waals surface area contributed by atoms with Crippen LogP contribution in [0.1, 0.15) is 29.5 Å². The number of azo groups is 2. The number of hydrogen-bond donors (Lipinski definition) is 0. The summed E-state index contributed by atoms with van der Waals surface area (Å²) in [4.78, 5) is 2.42. The first-order valence-corrected chi connectivity index (χ1v) is 10.4. The lowest BCUT2D eigenvalue weighted by Gasteiger charge is -2.17. The second kappa shape index (κ2) is 8.99. The highest BCUT2D eigenvalue weighted by Gasteiger charge is 2.11. The van der Waals surface area contributed by atoms with Gasteiger partial charge < -0.3 is 4.90 Å². The van der Waals surface area contributed by atoms with Gasteiger partial charge in [0.25, 0.3) is 0 Å². The molecule has 0 N–H and O–H groups in total. The number of benzene rings is 3. The van der Waals surface area contributed by atoms with Crippen LogP contribution in [0.3, 0.4) is 0 Å². The maximum atomic E-state index is 4.51. The van der Waals surface area contributed by atoms with Crippen LogP contribution in [0.25, 0.3) is 0 Å². The molecule has 0 unspecified atom stereocenters. The van der Waals surface area contributed by atoms with Crippen molar-refractivity contribution in [2.45, 2.75) is 33.6 Å². The predicted molar refractivity (Wildman–Crippen MR) is 123 cm³/mol. The molecule has 3 aromatic rings. The minimum atomic E-state index is 0.819. The molecule has 0 bridgehead atoms. The average molecular weight is 398 g/mol. The molecule has 5 nitrogen and oxygen atoms in total. The van der Waals surface area contributed by atoms with Gasteiger partial charge in [-0.15, -0.1) is 0 Å². The Morgan fingerprint density at radius 1 is 0.600 bits per heavy atom. The Balaban J connectivity index is 1.48. The molecule has 5 heteroatoms. The van der Waals surface area contributed by atoms with E-state index in [1.54, 1.807) is 0 Å². The van der Waals surface area contributed by atoms with Crippen molar-refractivity contribution in [2.75, 3.05) is 18.0 Å². The van der Waals surface area contributed by atoms with Crippen molar-refractivity contribution < 1.29 is 0 Å². The number of rotatable bonds is 5. The number of anilines is 1. The van der Waals surface area contributed by atoms with Crippen LogP contribution in [0.5, 0.6) is 0 Å². The quantitative estimate of drug-likeness (QED) is 0.402. The van der Waals surface area contributed by atoms with E-state index in [2.05, 4.69) is 44.4 Å². The molecule has 1 aliphatic rings. The SMILES string of the molecule is Cc1ccc(/N=N/c2cc(C)c(/N=N/c3ccc(N4CCCC4)cc3)c(C)c2)cc1. The first-order chi connectivity index (χ1) is 14.6. The van der Waals surface area contributed by atoms with E-state index in [-0.39, 0.29) is 0 Å². The number of nitrogens with zero attached hydrogens (tertiary/aromatic N) is 5. The zero-order chi connectivity index (χ0) is 20.9. The van der Waals surface area contributed by atoms with Crippen LogP contribution < -0.4 is 4.90 Å². The molecule has 0 aromatic heterocycles. The molecule has 0 spiro atoms. The molecule has 0 amide bonds. The van der Waals surface area contributed by atoms with Crippen molar-refractivity contribution in [1.29, 1.82) is 0 Å². The van der Waals surface area contributed by atoms with Crippen LogP contribution in [-0.4, -0.2) is 13.1 Å². The van der Waals surface area contributed by atoms with E-state index < -0.39 is 0 Å². The summed E-state index contributed by atoms with van der Waals surface area (Å²) in [5.74, 6) is 0. The lowest BCUT2D eigenvalue weighted by Crippen LogP contribution is -2.17. The van der Waals surface area contributed by atoms with E-state index >= 15 is 0 Å².